The minimum atomic E-state index is -4.62. The van der Waals surface area contributed by atoms with Crippen molar-refractivity contribution in [3.63, 3.8) is 0 Å². The van der Waals surface area contributed by atoms with Crippen LogP contribution in [0.1, 0.15) is 27.7 Å². The molecule has 162 valence electrons. The van der Waals surface area contributed by atoms with Crippen LogP contribution in [0.3, 0.4) is 0 Å². The lowest BCUT2D eigenvalue weighted by Gasteiger charge is -2.30. The smallest absolute Gasteiger partial charge is 0.427 e. The zero-order valence-electron chi connectivity index (χ0n) is 16.6. The molecule has 0 saturated heterocycles. The maximum atomic E-state index is 13.1. The molecule has 0 bridgehead atoms. The SMILES string of the molecule is C=C(/C=C(\C)N(CC)S(=O)(=O)c1ccc(F)cc1)NC(=C)OC(C)(C)C(F)(F)F. The summed E-state index contributed by atoms with van der Waals surface area (Å²) in [5.74, 6) is -0.969. The molecule has 0 aliphatic carbocycles. The monoisotopic (exact) mass is 436 g/mol. The third-order valence-corrected chi connectivity index (χ3v) is 5.82. The maximum Gasteiger partial charge on any atom is 0.427 e. The minimum absolute atomic E-state index is 0.0634. The van der Waals surface area contributed by atoms with Gasteiger partial charge < -0.3 is 10.1 Å². The van der Waals surface area contributed by atoms with Crippen molar-refractivity contribution in [3.8, 4) is 0 Å². The highest BCUT2D eigenvalue weighted by molar-refractivity contribution is 7.89. The Bertz CT molecular complexity index is 889. The number of alkyl halides is 3. The van der Waals surface area contributed by atoms with Crippen LogP contribution in [0.25, 0.3) is 0 Å². The van der Waals surface area contributed by atoms with Crippen molar-refractivity contribution in [2.24, 2.45) is 0 Å². The van der Waals surface area contributed by atoms with Gasteiger partial charge in [0.1, 0.15) is 5.82 Å². The van der Waals surface area contributed by atoms with Crippen LogP contribution in [0.4, 0.5) is 17.6 Å². The highest BCUT2D eigenvalue weighted by Crippen LogP contribution is 2.34. The number of benzene rings is 1. The number of sulfonamides is 1. The van der Waals surface area contributed by atoms with Gasteiger partial charge in [0.15, 0.2) is 11.5 Å². The molecule has 0 fully saturated rings. The van der Waals surface area contributed by atoms with Crippen molar-refractivity contribution in [3.05, 3.63) is 66.6 Å². The molecule has 0 aliphatic heterocycles. The van der Waals surface area contributed by atoms with Gasteiger partial charge in [-0.2, -0.15) is 13.2 Å². The van der Waals surface area contributed by atoms with E-state index < -0.39 is 33.5 Å². The Kier molecular flexibility index (Phi) is 7.53. The average molecular weight is 436 g/mol. The normalized spacial score (nSPS) is 13.0. The summed E-state index contributed by atoms with van der Waals surface area (Å²) in [5, 5.41) is 2.46. The van der Waals surface area contributed by atoms with Crippen molar-refractivity contribution in [1.82, 2.24) is 9.62 Å². The molecule has 0 aromatic heterocycles. The Hall–Kier alpha value is -2.49. The van der Waals surface area contributed by atoms with E-state index in [1.54, 1.807) is 6.92 Å². The van der Waals surface area contributed by atoms with Crippen molar-refractivity contribution < 1.29 is 30.7 Å². The molecule has 1 aromatic rings. The second kappa shape index (κ2) is 8.89. The Morgan fingerprint density at radius 3 is 2.17 bits per heavy atom. The highest BCUT2D eigenvalue weighted by Gasteiger charge is 2.50. The van der Waals surface area contributed by atoms with Crippen LogP contribution in [-0.2, 0) is 14.8 Å². The Morgan fingerprint density at radius 1 is 1.21 bits per heavy atom. The summed E-state index contributed by atoms with van der Waals surface area (Å²) in [6.07, 6.45) is -3.30. The molecular weight excluding hydrogens is 412 g/mol. The third-order valence-electron chi connectivity index (χ3n) is 3.83. The van der Waals surface area contributed by atoms with Gasteiger partial charge in [-0.3, -0.25) is 4.31 Å². The number of hydrogen-bond acceptors (Lipinski definition) is 4. The van der Waals surface area contributed by atoms with E-state index in [-0.39, 0.29) is 22.8 Å². The molecule has 0 unspecified atom stereocenters. The molecule has 29 heavy (non-hydrogen) atoms. The number of nitrogens with one attached hydrogen (secondary N) is 1. The first-order chi connectivity index (χ1) is 13.1. The molecule has 0 radical (unpaired) electrons. The van der Waals surface area contributed by atoms with Crippen LogP contribution in [0.5, 0.6) is 0 Å². The molecule has 1 rings (SSSR count). The number of nitrogens with zero attached hydrogens (tertiary/aromatic N) is 1. The molecule has 5 nitrogen and oxygen atoms in total. The van der Waals surface area contributed by atoms with Gasteiger partial charge in [0.05, 0.1) is 4.90 Å². The quantitative estimate of drug-likeness (QED) is 0.347. The Balaban J connectivity index is 2.97. The van der Waals surface area contributed by atoms with Gasteiger partial charge in [-0.15, -0.1) is 0 Å². The fourth-order valence-electron chi connectivity index (χ4n) is 2.27. The van der Waals surface area contributed by atoms with Gasteiger partial charge >= 0.3 is 6.18 Å². The Morgan fingerprint density at radius 2 is 1.72 bits per heavy atom. The summed E-state index contributed by atoms with van der Waals surface area (Å²) in [5.41, 5.74) is -2.17. The van der Waals surface area contributed by atoms with Gasteiger partial charge in [-0.25, -0.2) is 12.8 Å². The second-order valence-electron chi connectivity index (χ2n) is 6.59. The number of hydrogen-bond donors (Lipinski definition) is 1. The van der Waals surface area contributed by atoms with Gasteiger partial charge in [0.2, 0.25) is 0 Å². The first-order valence-electron chi connectivity index (χ1n) is 8.49. The van der Waals surface area contributed by atoms with Crippen LogP contribution in [0.2, 0.25) is 0 Å². The van der Waals surface area contributed by atoms with Crippen LogP contribution < -0.4 is 5.32 Å². The van der Waals surface area contributed by atoms with Crippen LogP contribution in [-0.4, -0.2) is 31.0 Å². The molecular formula is C19H24F4N2O3S. The summed E-state index contributed by atoms with van der Waals surface area (Å²) in [6, 6.07) is 4.35. The zero-order valence-corrected chi connectivity index (χ0v) is 17.4. The predicted molar refractivity (Wildman–Crippen MR) is 102 cm³/mol. The lowest BCUT2D eigenvalue weighted by Crippen LogP contribution is -2.42. The van der Waals surface area contributed by atoms with E-state index in [4.69, 9.17) is 4.74 Å². The molecule has 0 heterocycles. The molecule has 0 spiro atoms. The summed E-state index contributed by atoms with van der Waals surface area (Å²) < 4.78 is 83.1. The van der Waals surface area contributed by atoms with Gasteiger partial charge in [0.25, 0.3) is 10.0 Å². The summed E-state index contributed by atoms with van der Waals surface area (Å²) in [7, 11) is -3.96. The number of halogens is 4. The third kappa shape index (κ3) is 6.25. The first kappa shape index (κ1) is 24.5. The van der Waals surface area contributed by atoms with Crippen LogP contribution >= 0.6 is 0 Å². The van der Waals surface area contributed by atoms with Crippen LogP contribution in [0, 0.1) is 5.82 Å². The summed E-state index contributed by atoms with van der Waals surface area (Å²) in [6.45, 7) is 11.8. The molecule has 0 aliphatic rings. The first-order valence-corrected chi connectivity index (χ1v) is 9.93. The van der Waals surface area contributed by atoms with Crippen molar-refractivity contribution >= 4 is 10.0 Å². The Labute approximate surface area is 168 Å². The fourth-order valence-corrected chi connectivity index (χ4v) is 3.78. The largest absolute Gasteiger partial charge is 0.464 e. The predicted octanol–water partition coefficient (Wildman–Crippen LogP) is 4.67. The van der Waals surface area contributed by atoms with E-state index in [2.05, 4.69) is 18.5 Å². The standard InChI is InChI=1S/C19H24F4N2O3S/c1-7-25(29(26,27)17-10-8-16(20)9-11-17)14(3)12-13(2)24-15(4)28-18(5,6)19(21,22)23/h8-12,24H,2,4,7H2,1,3,5-6H3/b14-12+. The molecule has 1 N–H and O–H groups in total. The van der Waals surface area contributed by atoms with Crippen molar-refractivity contribution in [1.29, 1.82) is 0 Å². The van der Waals surface area contributed by atoms with Gasteiger partial charge in [-0.05, 0) is 64.6 Å². The number of rotatable bonds is 9. The fraction of sp³-hybridized carbons (Fsp3) is 0.368. The lowest BCUT2D eigenvalue weighted by molar-refractivity contribution is -0.252. The van der Waals surface area contributed by atoms with Gasteiger partial charge in [0, 0.05) is 17.9 Å². The summed E-state index contributed by atoms with van der Waals surface area (Å²) >= 11 is 0. The van der Waals surface area contributed by atoms with E-state index in [1.807, 2.05) is 0 Å². The summed E-state index contributed by atoms with van der Waals surface area (Å²) in [4.78, 5) is -0.105. The van der Waals surface area contributed by atoms with Crippen molar-refractivity contribution in [2.75, 3.05) is 6.54 Å². The highest BCUT2D eigenvalue weighted by atomic mass is 32.2. The molecule has 0 saturated carbocycles. The van der Waals surface area contributed by atoms with E-state index >= 15 is 0 Å². The number of allylic oxidation sites excluding steroid dienone is 2. The number of ether oxygens (including phenoxy) is 1. The van der Waals surface area contributed by atoms with Crippen LogP contribution in [0.15, 0.2) is 65.7 Å². The van der Waals surface area contributed by atoms with Crippen molar-refractivity contribution in [2.45, 2.75) is 44.4 Å². The molecule has 10 heteroatoms. The lowest BCUT2D eigenvalue weighted by atomic mass is 10.1. The molecule has 0 amide bonds. The molecule has 0 atom stereocenters. The van der Waals surface area contributed by atoms with E-state index in [1.165, 1.54) is 13.0 Å². The maximum absolute atomic E-state index is 13.1. The van der Waals surface area contributed by atoms with Gasteiger partial charge in [-0.1, -0.05) is 6.58 Å². The average Bonchev–Trinajstić information content (AvgIpc) is 2.53. The van der Waals surface area contributed by atoms with E-state index in [0.717, 1.165) is 42.4 Å². The van der Waals surface area contributed by atoms with E-state index in [9.17, 15) is 26.0 Å². The molecule has 1 aromatic carbocycles. The topological polar surface area (TPSA) is 58.6 Å². The zero-order chi connectivity index (χ0) is 22.6. The minimum Gasteiger partial charge on any atom is -0.464 e. The van der Waals surface area contributed by atoms with E-state index in [0.29, 0.717) is 0 Å². The second-order valence-corrected chi connectivity index (χ2v) is 8.46.